The quantitative estimate of drug-likeness (QED) is 0.612. The summed E-state index contributed by atoms with van der Waals surface area (Å²) >= 11 is 0. The van der Waals surface area contributed by atoms with Crippen LogP contribution in [0.1, 0.15) is 32.1 Å². The minimum atomic E-state index is -0.263. The normalized spacial score (nSPS) is 13.2. The number of urea groups is 1. The number of benzene rings is 2. The van der Waals surface area contributed by atoms with E-state index in [1.54, 1.807) is 31.4 Å². The van der Waals surface area contributed by atoms with Gasteiger partial charge in [-0.2, -0.15) is 0 Å². The first kappa shape index (κ1) is 17.8. The van der Waals surface area contributed by atoms with E-state index in [-0.39, 0.29) is 18.0 Å². The Balaban J connectivity index is 1.76. The molecule has 136 valence electrons. The van der Waals surface area contributed by atoms with Crippen LogP contribution in [0.3, 0.4) is 0 Å². The minimum absolute atomic E-state index is 0.203. The van der Waals surface area contributed by atoms with Crippen LogP contribution in [0, 0.1) is 5.92 Å². The number of carbonyl (C=O) groups is 1. The van der Waals surface area contributed by atoms with Crippen molar-refractivity contribution in [2.75, 3.05) is 12.4 Å². The zero-order valence-electron chi connectivity index (χ0n) is 15.2. The van der Waals surface area contributed by atoms with Gasteiger partial charge in [-0.1, -0.05) is 32.4 Å². The average Bonchev–Trinajstić information content (AvgIpc) is 3.10. The first-order valence-electron chi connectivity index (χ1n) is 8.77. The standard InChI is InChI=1S/C20H24N4O2/c1-4-13(2)18(19-22-16-7-5-6-8-17(16)23-19)24-20(25)21-14-9-11-15(26-3)12-10-14/h5-13,18H,4H2,1-3H3,(H,22,23)(H2,21,24,25)/t13-,18-/m0/s1. The Bertz CT molecular complexity index is 840. The van der Waals surface area contributed by atoms with Crippen molar-refractivity contribution < 1.29 is 9.53 Å². The van der Waals surface area contributed by atoms with Crippen molar-refractivity contribution in [3.05, 3.63) is 54.4 Å². The number of rotatable bonds is 6. The third kappa shape index (κ3) is 3.96. The molecule has 1 aromatic heterocycles. The molecule has 0 saturated carbocycles. The summed E-state index contributed by atoms with van der Waals surface area (Å²) in [7, 11) is 1.61. The second-order valence-corrected chi connectivity index (χ2v) is 6.33. The summed E-state index contributed by atoms with van der Waals surface area (Å²) < 4.78 is 5.13. The third-order valence-electron chi connectivity index (χ3n) is 4.55. The number of para-hydroxylation sites is 2. The second kappa shape index (κ2) is 7.91. The number of imidazole rings is 1. The average molecular weight is 352 g/mol. The third-order valence-corrected chi connectivity index (χ3v) is 4.55. The number of anilines is 1. The molecule has 3 aromatic rings. The SMILES string of the molecule is CC[C@H](C)[C@H](NC(=O)Nc1ccc(OC)cc1)c1nc2ccccc2[nH]1. The Kier molecular flexibility index (Phi) is 5.41. The first-order valence-corrected chi connectivity index (χ1v) is 8.77. The summed E-state index contributed by atoms with van der Waals surface area (Å²) in [5, 5.41) is 5.91. The van der Waals surface area contributed by atoms with Gasteiger partial charge in [-0.3, -0.25) is 0 Å². The van der Waals surface area contributed by atoms with E-state index in [0.717, 1.165) is 29.0 Å². The highest BCUT2D eigenvalue weighted by Gasteiger charge is 2.23. The molecule has 2 aromatic carbocycles. The maximum atomic E-state index is 12.5. The molecule has 3 rings (SSSR count). The van der Waals surface area contributed by atoms with E-state index in [1.165, 1.54) is 0 Å². The number of hydrogen-bond donors (Lipinski definition) is 3. The Hall–Kier alpha value is -3.02. The lowest BCUT2D eigenvalue weighted by molar-refractivity contribution is 0.242. The number of H-pyrrole nitrogens is 1. The second-order valence-electron chi connectivity index (χ2n) is 6.33. The molecule has 0 fully saturated rings. The number of nitrogens with one attached hydrogen (secondary N) is 3. The Morgan fingerprint density at radius 2 is 1.92 bits per heavy atom. The van der Waals surface area contributed by atoms with E-state index in [0.29, 0.717) is 5.69 Å². The van der Waals surface area contributed by atoms with Gasteiger partial charge in [-0.15, -0.1) is 0 Å². The predicted molar refractivity (Wildman–Crippen MR) is 103 cm³/mol. The number of aromatic nitrogens is 2. The monoisotopic (exact) mass is 352 g/mol. The highest BCUT2D eigenvalue weighted by Crippen LogP contribution is 2.25. The van der Waals surface area contributed by atoms with E-state index in [1.807, 2.05) is 24.3 Å². The molecule has 0 aliphatic rings. The van der Waals surface area contributed by atoms with E-state index < -0.39 is 0 Å². The predicted octanol–water partition coefficient (Wildman–Crippen LogP) is 4.48. The van der Waals surface area contributed by atoms with Gasteiger partial charge < -0.3 is 20.4 Å². The van der Waals surface area contributed by atoms with Gasteiger partial charge in [0.05, 0.1) is 24.2 Å². The number of carbonyl (C=O) groups excluding carboxylic acids is 1. The zero-order valence-corrected chi connectivity index (χ0v) is 15.2. The van der Waals surface area contributed by atoms with E-state index in [2.05, 4.69) is 34.4 Å². The van der Waals surface area contributed by atoms with Gasteiger partial charge >= 0.3 is 6.03 Å². The maximum Gasteiger partial charge on any atom is 0.319 e. The van der Waals surface area contributed by atoms with Crippen LogP contribution in [0.5, 0.6) is 5.75 Å². The van der Waals surface area contributed by atoms with Crippen molar-refractivity contribution in [3.8, 4) is 5.75 Å². The Labute approximate surface area is 153 Å². The number of nitrogens with zero attached hydrogens (tertiary/aromatic N) is 1. The molecule has 0 spiro atoms. The van der Waals surface area contributed by atoms with Crippen molar-refractivity contribution in [3.63, 3.8) is 0 Å². The van der Waals surface area contributed by atoms with E-state index in [4.69, 9.17) is 4.74 Å². The molecule has 2 amide bonds. The molecular weight excluding hydrogens is 328 g/mol. The molecule has 6 heteroatoms. The molecule has 0 saturated heterocycles. The lowest BCUT2D eigenvalue weighted by Crippen LogP contribution is -2.36. The number of ether oxygens (including phenoxy) is 1. The Morgan fingerprint density at radius 3 is 2.58 bits per heavy atom. The molecule has 3 N–H and O–H groups in total. The van der Waals surface area contributed by atoms with Gasteiger partial charge in [0.2, 0.25) is 0 Å². The molecule has 0 unspecified atom stereocenters. The molecule has 6 nitrogen and oxygen atoms in total. The Morgan fingerprint density at radius 1 is 1.19 bits per heavy atom. The summed E-state index contributed by atoms with van der Waals surface area (Å²) in [4.78, 5) is 20.5. The van der Waals surface area contributed by atoms with Crippen LogP contribution in [-0.2, 0) is 0 Å². The van der Waals surface area contributed by atoms with Gasteiger partial charge in [0.1, 0.15) is 11.6 Å². The van der Waals surface area contributed by atoms with Crippen LogP contribution in [-0.4, -0.2) is 23.1 Å². The van der Waals surface area contributed by atoms with Crippen LogP contribution in [0.4, 0.5) is 10.5 Å². The highest BCUT2D eigenvalue weighted by atomic mass is 16.5. The summed E-state index contributed by atoms with van der Waals surface area (Å²) in [5.41, 5.74) is 2.57. The van der Waals surface area contributed by atoms with Gasteiger partial charge in [-0.05, 0) is 42.3 Å². The van der Waals surface area contributed by atoms with Gasteiger partial charge in [0.15, 0.2) is 0 Å². The first-order chi connectivity index (χ1) is 12.6. The van der Waals surface area contributed by atoms with Gasteiger partial charge in [-0.25, -0.2) is 9.78 Å². The summed E-state index contributed by atoms with van der Waals surface area (Å²) in [6.07, 6.45) is 0.921. The number of aromatic amines is 1. The summed E-state index contributed by atoms with van der Waals surface area (Å²) in [5.74, 6) is 1.75. The number of hydrogen-bond acceptors (Lipinski definition) is 3. The van der Waals surface area contributed by atoms with Crippen molar-refractivity contribution in [2.24, 2.45) is 5.92 Å². The van der Waals surface area contributed by atoms with Crippen molar-refractivity contribution in [1.82, 2.24) is 15.3 Å². The largest absolute Gasteiger partial charge is 0.497 e. The summed E-state index contributed by atoms with van der Waals surface area (Å²) in [6, 6.07) is 14.6. The lowest BCUT2D eigenvalue weighted by atomic mass is 9.99. The topological polar surface area (TPSA) is 79.0 Å². The number of amides is 2. The van der Waals surface area contributed by atoms with Gasteiger partial charge in [0, 0.05) is 5.69 Å². The molecule has 26 heavy (non-hydrogen) atoms. The van der Waals surface area contributed by atoms with Crippen LogP contribution in [0.25, 0.3) is 11.0 Å². The lowest BCUT2D eigenvalue weighted by Gasteiger charge is -2.22. The highest BCUT2D eigenvalue weighted by molar-refractivity contribution is 5.89. The number of fused-ring (bicyclic) bond motifs is 1. The molecule has 2 atom stereocenters. The minimum Gasteiger partial charge on any atom is -0.497 e. The van der Waals surface area contributed by atoms with Crippen molar-refractivity contribution >= 4 is 22.8 Å². The van der Waals surface area contributed by atoms with Crippen LogP contribution in [0.15, 0.2) is 48.5 Å². The van der Waals surface area contributed by atoms with Crippen molar-refractivity contribution in [1.29, 1.82) is 0 Å². The van der Waals surface area contributed by atoms with E-state index in [9.17, 15) is 4.79 Å². The van der Waals surface area contributed by atoms with Crippen LogP contribution in [0.2, 0.25) is 0 Å². The fourth-order valence-corrected chi connectivity index (χ4v) is 2.82. The van der Waals surface area contributed by atoms with Crippen LogP contribution < -0.4 is 15.4 Å². The van der Waals surface area contributed by atoms with Gasteiger partial charge in [0.25, 0.3) is 0 Å². The molecule has 1 heterocycles. The van der Waals surface area contributed by atoms with E-state index >= 15 is 0 Å². The zero-order chi connectivity index (χ0) is 18.5. The molecule has 0 radical (unpaired) electrons. The number of methoxy groups -OCH3 is 1. The molecule has 0 bridgehead atoms. The van der Waals surface area contributed by atoms with Crippen molar-refractivity contribution in [2.45, 2.75) is 26.3 Å². The van der Waals surface area contributed by atoms with Crippen LogP contribution >= 0.6 is 0 Å². The molecule has 0 aliphatic heterocycles. The summed E-state index contributed by atoms with van der Waals surface area (Å²) in [6.45, 7) is 4.20. The smallest absolute Gasteiger partial charge is 0.319 e. The fourth-order valence-electron chi connectivity index (χ4n) is 2.82. The molecular formula is C20H24N4O2. The maximum absolute atomic E-state index is 12.5. The fraction of sp³-hybridized carbons (Fsp3) is 0.300. The molecule has 0 aliphatic carbocycles.